The number of thiocarbonyl (C=S) groups is 1. The largest absolute Gasteiger partial charge is 0.337 e. The van der Waals surface area contributed by atoms with Crippen LogP contribution in [0.1, 0.15) is 54.4 Å². The highest BCUT2D eigenvalue weighted by Gasteiger charge is 2.54. The zero-order chi connectivity index (χ0) is 23.0. The van der Waals surface area contributed by atoms with E-state index in [1.807, 2.05) is 42.5 Å². The summed E-state index contributed by atoms with van der Waals surface area (Å²) < 4.78 is 0. The minimum Gasteiger partial charge on any atom is -0.337 e. The molecule has 2 amide bonds. The minimum absolute atomic E-state index is 0.0639. The van der Waals surface area contributed by atoms with Crippen molar-refractivity contribution in [3.05, 3.63) is 65.7 Å². The Bertz CT molecular complexity index is 1030. The molecule has 4 saturated carbocycles. The number of hydrogen-bond acceptors (Lipinski definition) is 3. The number of hydrogen-bond donors (Lipinski definition) is 2. The minimum atomic E-state index is -0.238. The number of anilines is 1. The van der Waals surface area contributed by atoms with Crippen LogP contribution in [0.4, 0.5) is 5.69 Å². The first-order valence-electron chi connectivity index (χ1n) is 11.9. The summed E-state index contributed by atoms with van der Waals surface area (Å²) in [5, 5.41) is 6.40. The van der Waals surface area contributed by atoms with Gasteiger partial charge in [-0.1, -0.05) is 36.4 Å². The fraction of sp³-hybridized carbons (Fsp3) is 0.444. The fourth-order valence-corrected chi connectivity index (χ4v) is 6.88. The van der Waals surface area contributed by atoms with Gasteiger partial charge in [-0.25, -0.2) is 0 Å². The highest BCUT2D eigenvalue weighted by molar-refractivity contribution is 7.80. The van der Waals surface area contributed by atoms with Gasteiger partial charge in [0.15, 0.2) is 5.11 Å². The number of amides is 2. The average Bonchev–Trinajstić information content (AvgIpc) is 2.78. The van der Waals surface area contributed by atoms with Crippen LogP contribution in [0.2, 0.25) is 0 Å². The summed E-state index contributed by atoms with van der Waals surface area (Å²) in [6.07, 6.45) is 6.92. The van der Waals surface area contributed by atoms with Gasteiger partial charge in [-0.2, -0.15) is 0 Å². The Hall–Kier alpha value is -2.73. The quantitative estimate of drug-likeness (QED) is 0.616. The standard InChI is InChI=1S/C27H31N3O2S/c1-30(17-18-6-3-2-4-7-18)24(31)22-8-5-9-23(13-22)28-26(33)29-25(32)27-14-19-10-20(15-27)12-21(11-19)16-27/h2-9,13,19-21H,10-12,14-17H2,1H3,(H2,28,29,32,33). The molecule has 0 radical (unpaired) electrons. The van der Waals surface area contributed by atoms with E-state index in [0.29, 0.717) is 40.7 Å². The second-order valence-corrected chi connectivity index (χ2v) is 10.7. The summed E-state index contributed by atoms with van der Waals surface area (Å²) in [7, 11) is 1.80. The summed E-state index contributed by atoms with van der Waals surface area (Å²) in [6.45, 7) is 0.539. The van der Waals surface area contributed by atoms with Crippen molar-refractivity contribution in [1.82, 2.24) is 10.2 Å². The normalized spacial score (nSPS) is 27.1. The van der Waals surface area contributed by atoms with Gasteiger partial charge in [-0.15, -0.1) is 0 Å². The van der Waals surface area contributed by atoms with E-state index in [1.165, 1.54) is 19.3 Å². The van der Waals surface area contributed by atoms with E-state index >= 15 is 0 Å². The fourth-order valence-electron chi connectivity index (χ4n) is 6.67. The molecule has 2 aromatic rings. The molecule has 33 heavy (non-hydrogen) atoms. The van der Waals surface area contributed by atoms with Gasteiger partial charge in [0.25, 0.3) is 5.91 Å². The number of nitrogens with one attached hydrogen (secondary N) is 2. The van der Waals surface area contributed by atoms with Gasteiger partial charge in [0.05, 0.1) is 5.41 Å². The molecule has 0 aromatic heterocycles. The second-order valence-electron chi connectivity index (χ2n) is 10.3. The first-order chi connectivity index (χ1) is 15.9. The maximum absolute atomic E-state index is 13.2. The molecule has 172 valence electrons. The average molecular weight is 462 g/mol. The summed E-state index contributed by atoms with van der Waals surface area (Å²) in [5.41, 5.74) is 2.12. The number of carbonyl (C=O) groups excluding carboxylic acids is 2. The summed E-state index contributed by atoms with van der Waals surface area (Å²) in [4.78, 5) is 27.9. The topological polar surface area (TPSA) is 61.4 Å². The Labute approximate surface area is 200 Å². The molecule has 2 aromatic carbocycles. The van der Waals surface area contributed by atoms with Crippen LogP contribution in [0, 0.1) is 23.2 Å². The Kier molecular flexibility index (Phi) is 5.95. The molecule has 4 bridgehead atoms. The van der Waals surface area contributed by atoms with Crippen LogP contribution in [0.25, 0.3) is 0 Å². The van der Waals surface area contributed by atoms with Crippen molar-refractivity contribution < 1.29 is 9.59 Å². The molecule has 6 rings (SSSR count). The molecule has 0 aliphatic heterocycles. The van der Waals surface area contributed by atoms with Crippen LogP contribution >= 0.6 is 12.2 Å². The van der Waals surface area contributed by atoms with Gasteiger partial charge in [0.1, 0.15) is 0 Å². The first kappa shape index (κ1) is 22.1. The van der Waals surface area contributed by atoms with Crippen molar-refractivity contribution in [2.75, 3.05) is 12.4 Å². The lowest BCUT2D eigenvalue weighted by Crippen LogP contribution is -2.55. The first-order valence-corrected chi connectivity index (χ1v) is 12.3. The lowest BCUT2D eigenvalue weighted by atomic mass is 9.49. The molecule has 2 N–H and O–H groups in total. The molecular formula is C27H31N3O2S. The van der Waals surface area contributed by atoms with Crippen molar-refractivity contribution >= 4 is 34.8 Å². The van der Waals surface area contributed by atoms with Gasteiger partial charge in [0.2, 0.25) is 5.91 Å². The highest BCUT2D eigenvalue weighted by atomic mass is 32.1. The van der Waals surface area contributed by atoms with E-state index in [2.05, 4.69) is 10.6 Å². The molecule has 4 fully saturated rings. The third-order valence-electron chi connectivity index (χ3n) is 7.72. The monoisotopic (exact) mass is 461 g/mol. The molecular weight excluding hydrogens is 430 g/mol. The van der Waals surface area contributed by atoms with Crippen molar-refractivity contribution in [1.29, 1.82) is 0 Å². The van der Waals surface area contributed by atoms with Crippen LogP contribution in [-0.2, 0) is 11.3 Å². The molecule has 5 nitrogen and oxygen atoms in total. The van der Waals surface area contributed by atoms with E-state index < -0.39 is 0 Å². The zero-order valence-electron chi connectivity index (χ0n) is 19.0. The summed E-state index contributed by atoms with van der Waals surface area (Å²) in [6, 6.07) is 17.2. The third-order valence-corrected chi connectivity index (χ3v) is 7.93. The molecule has 6 heteroatoms. The van der Waals surface area contributed by atoms with Gasteiger partial charge < -0.3 is 15.5 Å². The summed E-state index contributed by atoms with van der Waals surface area (Å²) >= 11 is 5.48. The van der Waals surface area contributed by atoms with Gasteiger partial charge in [0, 0.05) is 24.8 Å². The third kappa shape index (κ3) is 4.67. The Morgan fingerprint density at radius 2 is 1.61 bits per heavy atom. The number of rotatable bonds is 5. The molecule has 0 atom stereocenters. The SMILES string of the molecule is CN(Cc1ccccc1)C(=O)c1cccc(NC(=S)NC(=O)C23CC4CC(CC(C4)C2)C3)c1. The van der Waals surface area contributed by atoms with Crippen LogP contribution in [-0.4, -0.2) is 28.9 Å². The molecule has 4 aliphatic rings. The van der Waals surface area contributed by atoms with Crippen molar-refractivity contribution in [2.45, 2.75) is 45.1 Å². The molecule has 0 heterocycles. The Balaban J connectivity index is 1.20. The van der Waals surface area contributed by atoms with E-state index in [4.69, 9.17) is 12.2 Å². The van der Waals surface area contributed by atoms with Crippen molar-refractivity contribution in [2.24, 2.45) is 23.2 Å². The lowest BCUT2D eigenvalue weighted by molar-refractivity contribution is -0.144. The second kappa shape index (κ2) is 8.90. The molecule has 0 saturated heterocycles. The molecule has 4 aliphatic carbocycles. The van der Waals surface area contributed by atoms with Gasteiger partial charge >= 0.3 is 0 Å². The Morgan fingerprint density at radius 3 is 2.24 bits per heavy atom. The number of nitrogens with zero attached hydrogens (tertiary/aromatic N) is 1. The van der Waals surface area contributed by atoms with Gasteiger partial charge in [-0.3, -0.25) is 9.59 Å². The summed E-state index contributed by atoms with van der Waals surface area (Å²) in [5.74, 6) is 2.14. The van der Waals surface area contributed by atoms with Gasteiger partial charge in [-0.05, 0) is 92.3 Å². The number of benzene rings is 2. The zero-order valence-corrected chi connectivity index (χ0v) is 19.9. The van der Waals surface area contributed by atoms with Crippen LogP contribution in [0.3, 0.4) is 0 Å². The molecule has 0 unspecified atom stereocenters. The Morgan fingerprint density at radius 1 is 0.970 bits per heavy atom. The van der Waals surface area contributed by atoms with E-state index in [-0.39, 0.29) is 17.2 Å². The van der Waals surface area contributed by atoms with Crippen molar-refractivity contribution in [3.63, 3.8) is 0 Å². The van der Waals surface area contributed by atoms with E-state index in [0.717, 1.165) is 24.8 Å². The van der Waals surface area contributed by atoms with Crippen LogP contribution in [0.5, 0.6) is 0 Å². The lowest BCUT2D eigenvalue weighted by Gasteiger charge is -2.55. The van der Waals surface area contributed by atoms with E-state index in [9.17, 15) is 9.59 Å². The molecule has 0 spiro atoms. The number of carbonyl (C=O) groups is 2. The smallest absolute Gasteiger partial charge is 0.253 e. The van der Waals surface area contributed by atoms with Crippen molar-refractivity contribution in [3.8, 4) is 0 Å². The van der Waals surface area contributed by atoms with Crippen LogP contribution < -0.4 is 10.6 Å². The highest BCUT2D eigenvalue weighted by Crippen LogP contribution is 2.60. The maximum atomic E-state index is 13.2. The maximum Gasteiger partial charge on any atom is 0.253 e. The van der Waals surface area contributed by atoms with E-state index in [1.54, 1.807) is 24.1 Å². The predicted molar refractivity (Wildman–Crippen MR) is 134 cm³/mol. The predicted octanol–water partition coefficient (Wildman–Crippen LogP) is 4.99. The van der Waals surface area contributed by atoms with Crippen LogP contribution in [0.15, 0.2) is 54.6 Å².